The molecule has 0 aliphatic rings. The van der Waals surface area contributed by atoms with Crippen LogP contribution in [0.25, 0.3) is 0 Å². The summed E-state index contributed by atoms with van der Waals surface area (Å²) in [7, 11) is 0.528. The van der Waals surface area contributed by atoms with Gasteiger partial charge in [0.25, 0.3) is 0 Å². The second-order valence-corrected chi connectivity index (χ2v) is 7.04. The summed E-state index contributed by atoms with van der Waals surface area (Å²) in [4.78, 5) is 11.9. The van der Waals surface area contributed by atoms with Gasteiger partial charge < -0.3 is 19.1 Å². The van der Waals surface area contributed by atoms with Crippen LogP contribution in [0.2, 0.25) is 0 Å². The zero-order chi connectivity index (χ0) is 16.5. The predicted molar refractivity (Wildman–Crippen MR) is 86.9 cm³/mol. The molecule has 0 aromatic heterocycles. The first-order chi connectivity index (χ1) is 9.67. The van der Waals surface area contributed by atoms with E-state index in [4.69, 9.17) is 13.8 Å². The zero-order valence-corrected chi connectivity index (χ0v) is 14.8. The van der Waals surface area contributed by atoms with Crippen molar-refractivity contribution in [2.24, 2.45) is 0 Å². The fraction of sp³-hybridized carbons (Fsp3) is 0.667. The number of allylic oxidation sites excluding steroid dienone is 1. The molecule has 0 spiro atoms. The molecule has 0 bridgehead atoms. The Labute approximate surface area is 129 Å². The van der Waals surface area contributed by atoms with E-state index in [2.05, 4.69) is 11.9 Å². The molecule has 0 aliphatic carbocycles. The van der Waals surface area contributed by atoms with Crippen LogP contribution in [0.3, 0.4) is 0 Å². The van der Waals surface area contributed by atoms with Gasteiger partial charge in [-0.05, 0) is 40.4 Å². The second-order valence-electron chi connectivity index (χ2n) is 5.55. The maximum atomic E-state index is 11.9. The van der Waals surface area contributed by atoms with E-state index in [-0.39, 0.29) is 18.4 Å². The van der Waals surface area contributed by atoms with E-state index < -0.39 is 14.0 Å². The van der Waals surface area contributed by atoms with Gasteiger partial charge in [0.1, 0.15) is 5.60 Å². The van der Waals surface area contributed by atoms with Crippen LogP contribution in [0.1, 0.15) is 41.0 Å². The van der Waals surface area contributed by atoms with Gasteiger partial charge >= 0.3 is 5.97 Å². The number of rotatable bonds is 9. The first kappa shape index (κ1) is 20.1. The normalized spacial score (nSPS) is 14.8. The number of ether oxygens (including phenoxy) is 1. The molecule has 0 heterocycles. The largest absolute Gasteiger partial charge is 0.460 e. The van der Waals surface area contributed by atoms with Crippen molar-refractivity contribution >= 4 is 14.3 Å². The van der Waals surface area contributed by atoms with Crippen LogP contribution in [0, 0.1) is 0 Å². The van der Waals surface area contributed by atoms with Gasteiger partial charge in [0.2, 0.25) is 0 Å². The second kappa shape index (κ2) is 9.93. The van der Waals surface area contributed by atoms with Gasteiger partial charge in [-0.1, -0.05) is 12.7 Å². The lowest BCUT2D eigenvalue weighted by Gasteiger charge is -2.22. The first-order valence-corrected chi connectivity index (χ1v) is 8.21. The highest BCUT2D eigenvalue weighted by Gasteiger charge is 2.19. The van der Waals surface area contributed by atoms with Gasteiger partial charge in [-0.3, -0.25) is 4.79 Å². The van der Waals surface area contributed by atoms with E-state index in [9.17, 15) is 4.79 Å². The molecule has 2 unspecified atom stereocenters. The molecule has 0 rings (SSSR count). The van der Waals surface area contributed by atoms with Crippen LogP contribution in [-0.2, 0) is 18.6 Å². The summed E-state index contributed by atoms with van der Waals surface area (Å²) < 4.78 is 16.0. The Balaban J connectivity index is 4.68. The maximum Gasteiger partial charge on any atom is 0.308 e. The minimum atomic E-state index is -1.07. The van der Waals surface area contributed by atoms with Crippen molar-refractivity contribution in [3.63, 3.8) is 0 Å². The van der Waals surface area contributed by atoms with Crippen LogP contribution in [-0.4, -0.2) is 31.3 Å². The van der Waals surface area contributed by atoms with Gasteiger partial charge in [0.15, 0.2) is 8.38 Å². The highest BCUT2D eigenvalue weighted by molar-refractivity contribution is 7.50. The number of nitrogens with one attached hydrogen (secondary N) is 1. The average molecular weight is 317 g/mol. The Hall–Kier alpha value is -0.900. The average Bonchev–Trinajstić information content (AvgIpc) is 2.30. The number of carbonyl (C=O) groups excluding carboxylic acids is 1. The Morgan fingerprint density at radius 2 is 2.05 bits per heavy atom. The third-order valence-corrected chi connectivity index (χ3v) is 3.40. The molecule has 0 saturated heterocycles. The van der Waals surface area contributed by atoms with E-state index in [1.165, 1.54) is 0 Å². The summed E-state index contributed by atoms with van der Waals surface area (Å²) in [6.07, 6.45) is 2.09. The van der Waals surface area contributed by atoms with Crippen molar-refractivity contribution in [1.82, 2.24) is 5.32 Å². The lowest BCUT2D eigenvalue weighted by Crippen LogP contribution is -2.32. The van der Waals surface area contributed by atoms with Gasteiger partial charge in [0, 0.05) is 12.8 Å². The van der Waals surface area contributed by atoms with Crippen molar-refractivity contribution in [1.29, 1.82) is 0 Å². The summed E-state index contributed by atoms with van der Waals surface area (Å²) >= 11 is 0. The molecule has 6 heteroatoms. The number of hydrogen-bond acceptors (Lipinski definition) is 5. The molecule has 0 aromatic rings. The minimum Gasteiger partial charge on any atom is -0.460 e. The van der Waals surface area contributed by atoms with Gasteiger partial charge in [-0.15, -0.1) is 0 Å². The smallest absolute Gasteiger partial charge is 0.308 e. The van der Waals surface area contributed by atoms with E-state index in [1.54, 1.807) is 7.11 Å². The number of carbonyl (C=O) groups is 1. The van der Waals surface area contributed by atoms with Gasteiger partial charge in [-0.2, -0.15) is 0 Å². The molecule has 0 saturated carbocycles. The minimum absolute atomic E-state index is 0.196. The molecule has 0 fully saturated rings. The lowest BCUT2D eigenvalue weighted by molar-refractivity contribution is -0.155. The van der Waals surface area contributed by atoms with Crippen molar-refractivity contribution in [2.75, 3.05) is 13.7 Å². The zero-order valence-electron chi connectivity index (χ0n) is 13.9. The predicted octanol–water partition coefficient (Wildman–Crippen LogP) is 3.72. The summed E-state index contributed by atoms with van der Waals surface area (Å²) in [5, 5.41) is 3.14. The van der Waals surface area contributed by atoms with Crippen LogP contribution in [0.5, 0.6) is 0 Å². The number of esters is 1. The van der Waals surface area contributed by atoms with E-state index in [0.717, 1.165) is 5.70 Å². The molecule has 0 aromatic carbocycles. The molecule has 21 heavy (non-hydrogen) atoms. The molecule has 2 atom stereocenters. The van der Waals surface area contributed by atoms with Crippen molar-refractivity contribution in [3.8, 4) is 0 Å². The highest BCUT2D eigenvalue weighted by Crippen LogP contribution is 2.38. The topological polar surface area (TPSA) is 56.8 Å². The highest BCUT2D eigenvalue weighted by atomic mass is 31.2. The Morgan fingerprint density at radius 3 is 2.48 bits per heavy atom. The molecule has 122 valence electrons. The van der Waals surface area contributed by atoms with Crippen LogP contribution < -0.4 is 5.32 Å². The van der Waals surface area contributed by atoms with E-state index in [0.29, 0.717) is 6.61 Å². The van der Waals surface area contributed by atoms with Gasteiger partial charge in [0.05, 0.1) is 19.1 Å². The van der Waals surface area contributed by atoms with Crippen LogP contribution in [0.15, 0.2) is 24.2 Å². The molecule has 0 radical (unpaired) electrons. The molecular formula is C15H28NO4P. The van der Waals surface area contributed by atoms with Crippen LogP contribution >= 0.6 is 8.38 Å². The maximum absolute atomic E-state index is 11.9. The van der Waals surface area contributed by atoms with Crippen molar-refractivity contribution in [3.05, 3.63) is 24.2 Å². The third kappa shape index (κ3) is 11.4. The molecule has 5 nitrogen and oxygen atoms in total. The fourth-order valence-corrected chi connectivity index (χ4v) is 2.42. The Morgan fingerprint density at radius 1 is 1.43 bits per heavy atom. The van der Waals surface area contributed by atoms with Gasteiger partial charge in [-0.25, -0.2) is 0 Å². The monoisotopic (exact) mass is 317 g/mol. The summed E-state index contributed by atoms with van der Waals surface area (Å²) in [6, 6.07) is -0.196. The summed E-state index contributed by atoms with van der Waals surface area (Å²) in [5.74, 6) is 1.58. The van der Waals surface area contributed by atoms with E-state index in [1.807, 2.05) is 46.5 Å². The summed E-state index contributed by atoms with van der Waals surface area (Å²) in [6.45, 7) is 13.7. The molecular weight excluding hydrogens is 289 g/mol. The number of hydrogen-bond donors (Lipinski definition) is 1. The standard InChI is InChI=1S/C15H28NO4P/c1-8-19-21(18-7)10-9-13(16-12(2)3)11-14(17)20-15(4,5)6/h9-10,13,16H,2,8,11H2,1,3-7H3/b10-9+. The SMILES string of the molecule is C=C(C)NC(/C=C/P(OC)OCC)CC(=O)OC(C)(C)C. The fourth-order valence-electron chi connectivity index (χ4n) is 1.50. The third-order valence-electron chi connectivity index (χ3n) is 2.11. The first-order valence-electron chi connectivity index (χ1n) is 6.96. The van der Waals surface area contributed by atoms with Crippen LogP contribution in [0.4, 0.5) is 0 Å². The Kier molecular flexibility index (Phi) is 9.51. The molecule has 0 aliphatic heterocycles. The Bertz CT molecular complexity index is 363. The van der Waals surface area contributed by atoms with E-state index >= 15 is 0 Å². The lowest BCUT2D eigenvalue weighted by atomic mass is 10.1. The van der Waals surface area contributed by atoms with Crippen molar-refractivity contribution < 1.29 is 18.6 Å². The summed E-state index contributed by atoms with van der Waals surface area (Å²) in [5.41, 5.74) is 0.297. The molecule has 0 amide bonds. The molecule has 1 N–H and O–H groups in total. The quantitative estimate of drug-likeness (QED) is 0.519. The van der Waals surface area contributed by atoms with Crippen molar-refractivity contribution in [2.45, 2.75) is 52.7 Å².